The van der Waals surface area contributed by atoms with Gasteiger partial charge in [-0.25, -0.2) is 8.42 Å². The number of hydrogen-bond donors (Lipinski definition) is 1. The second-order valence-corrected chi connectivity index (χ2v) is 9.88. The molecule has 1 N–H and O–H groups in total. The Morgan fingerprint density at radius 1 is 1.29 bits per heavy atom. The Kier molecular flexibility index (Phi) is 4.91. The Morgan fingerprint density at radius 3 is 2.75 bits per heavy atom. The molecule has 1 aliphatic heterocycles. The number of amides is 1. The second kappa shape index (κ2) is 7.24. The molecule has 1 saturated heterocycles. The summed E-state index contributed by atoms with van der Waals surface area (Å²) in [5, 5.41) is 3.55. The van der Waals surface area contributed by atoms with Crippen molar-refractivity contribution in [2.45, 2.75) is 51.2 Å². The SMILES string of the molecule is C[C@H](OC(=O)Cc1coc2cc3c(cc12)CCC3)C(=O)N[C@H]1CCS(=O)(=O)C1. The first-order valence-corrected chi connectivity index (χ1v) is 11.3. The zero-order valence-electron chi connectivity index (χ0n) is 15.7. The second-order valence-electron chi connectivity index (χ2n) is 7.65. The van der Waals surface area contributed by atoms with Crippen LogP contribution in [0.5, 0.6) is 0 Å². The number of carbonyl (C=O) groups is 2. The van der Waals surface area contributed by atoms with Crippen LogP contribution in [0.1, 0.15) is 36.5 Å². The highest BCUT2D eigenvalue weighted by Crippen LogP contribution is 2.30. The molecule has 4 rings (SSSR count). The molecule has 2 aliphatic rings. The van der Waals surface area contributed by atoms with Gasteiger partial charge < -0.3 is 14.5 Å². The molecule has 1 aromatic carbocycles. The maximum Gasteiger partial charge on any atom is 0.311 e. The van der Waals surface area contributed by atoms with Gasteiger partial charge in [-0.2, -0.15) is 0 Å². The first kappa shape index (κ1) is 19.0. The van der Waals surface area contributed by atoms with Crippen molar-refractivity contribution in [1.29, 1.82) is 0 Å². The molecular formula is C20H23NO6S. The van der Waals surface area contributed by atoms with Crippen molar-refractivity contribution in [3.05, 3.63) is 35.1 Å². The van der Waals surface area contributed by atoms with Crippen LogP contribution in [-0.4, -0.2) is 43.9 Å². The van der Waals surface area contributed by atoms with E-state index in [0.29, 0.717) is 6.42 Å². The maximum atomic E-state index is 12.3. The first-order valence-electron chi connectivity index (χ1n) is 9.53. The van der Waals surface area contributed by atoms with Crippen LogP contribution in [0.3, 0.4) is 0 Å². The number of nitrogens with one attached hydrogen (secondary N) is 1. The van der Waals surface area contributed by atoms with Crippen LogP contribution < -0.4 is 5.32 Å². The number of hydrogen-bond acceptors (Lipinski definition) is 6. The number of fused-ring (bicyclic) bond motifs is 2. The first-order chi connectivity index (χ1) is 13.3. The van der Waals surface area contributed by atoms with E-state index in [4.69, 9.17) is 9.15 Å². The molecule has 28 heavy (non-hydrogen) atoms. The van der Waals surface area contributed by atoms with Gasteiger partial charge in [-0.1, -0.05) is 0 Å². The molecule has 2 aromatic rings. The summed E-state index contributed by atoms with van der Waals surface area (Å²) in [7, 11) is -3.08. The van der Waals surface area contributed by atoms with Gasteiger partial charge in [0.05, 0.1) is 24.2 Å². The Balaban J connectivity index is 1.36. The van der Waals surface area contributed by atoms with Crippen LogP contribution in [0.4, 0.5) is 0 Å². The summed E-state index contributed by atoms with van der Waals surface area (Å²) >= 11 is 0. The van der Waals surface area contributed by atoms with E-state index < -0.39 is 33.9 Å². The summed E-state index contributed by atoms with van der Waals surface area (Å²) in [5.41, 5.74) is 4.10. The van der Waals surface area contributed by atoms with Gasteiger partial charge >= 0.3 is 5.97 Å². The van der Waals surface area contributed by atoms with Gasteiger partial charge in [0.15, 0.2) is 15.9 Å². The third-order valence-corrected chi connectivity index (χ3v) is 7.23. The van der Waals surface area contributed by atoms with Crippen molar-refractivity contribution in [3.63, 3.8) is 0 Å². The average Bonchev–Trinajstić information content (AvgIpc) is 3.32. The van der Waals surface area contributed by atoms with E-state index in [-0.39, 0.29) is 17.9 Å². The summed E-state index contributed by atoms with van der Waals surface area (Å²) in [6.45, 7) is 1.48. The van der Waals surface area contributed by atoms with E-state index in [1.165, 1.54) is 18.1 Å². The van der Waals surface area contributed by atoms with Crippen molar-refractivity contribution in [3.8, 4) is 0 Å². The predicted octanol–water partition coefficient (Wildman–Crippen LogP) is 1.70. The number of sulfone groups is 1. The zero-order valence-corrected chi connectivity index (χ0v) is 16.5. The van der Waals surface area contributed by atoms with E-state index in [2.05, 4.69) is 11.4 Å². The molecule has 150 valence electrons. The fourth-order valence-electron chi connectivity index (χ4n) is 3.96. The lowest BCUT2D eigenvalue weighted by Gasteiger charge is -2.16. The third-order valence-electron chi connectivity index (χ3n) is 5.46. The van der Waals surface area contributed by atoms with E-state index in [1.54, 1.807) is 6.26 Å². The Bertz CT molecular complexity index is 1040. The minimum absolute atomic E-state index is 0.0151. The highest BCUT2D eigenvalue weighted by molar-refractivity contribution is 7.91. The molecule has 0 saturated carbocycles. The number of esters is 1. The molecule has 8 heteroatoms. The molecular weight excluding hydrogens is 382 g/mol. The van der Waals surface area contributed by atoms with Gasteiger partial charge in [-0.05, 0) is 55.9 Å². The highest BCUT2D eigenvalue weighted by atomic mass is 32.2. The van der Waals surface area contributed by atoms with E-state index in [0.717, 1.165) is 35.8 Å². The lowest BCUT2D eigenvalue weighted by molar-refractivity contribution is -0.154. The van der Waals surface area contributed by atoms with Crippen molar-refractivity contribution in [1.82, 2.24) is 5.32 Å². The molecule has 1 aromatic heterocycles. The van der Waals surface area contributed by atoms with Gasteiger partial charge in [0.25, 0.3) is 5.91 Å². The lowest BCUT2D eigenvalue weighted by atomic mass is 10.0. The normalized spacial score (nSPS) is 21.4. The summed E-state index contributed by atoms with van der Waals surface area (Å²) in [5.74, 6) is -0.996. The number of rotatable bonds is 5. The van der Waals surface area contributed by atoms with Gasteiger partial charge in [0.2, 0.25) is 0 Å². The summed E-state index contributed by atoms with van der Waals surface area (Å²) in [6, 6.07) is 3.71. The quantitative estimate of drug-likeness (QED) is 0.760. The molecule has 2 atom stereocenters. The van der Waals surface area contributed by atoms with Gasteiger partial charge in [0, 0.05) is 17.0 Å². The minimum atomic E-state index is -3.08. The smallest absolute Gasteiger partial charge is 0.311 e. The molecule has 7 nitrogen and oxygen atoms in total. The van der Waals surface area contributed by atoms with Gasteiger partial charge in [0.1, 0.15) is 5.58 Å². The number of benzene rings is 1. The number of ether oxygens (including phenoxy) is 1. The van der Waals surface area contributed by atoms with E-state index >= 15 is 0 Å². The van der Waals surface area contributed by atoms with Crippen molar-refractivity contribution >= 4 is 32.7 Å². The maximum absolute atomic E-state index is 12.3. The monoisotopic (exact) mass is 405 g/mol. The topological polar surface area (TPSA) is 103 Å². The largest absolute Gasteiger partial charge is 0.464 e. The minimum Gasteiger partial charge on any atom is -0.464 e. The standard InChI is InChI=1S/C20H23NO6S/c1-12(20(23)21-16-5-6-28(24,25)11-16)27-19(22)9-15-10-26-18-8-14-4-2-3-13(14)7-17(15)18/h7-8,10,12,16H,2-6,9,11H2,1H3,(H,21,23)/t12-,16-/m0/s1. The van der Waals surface area contributed by atoms with E-state index in [1.807, 2.05) is 6.07 Å². The molecule has 0 radical (unpaired) electrons. The van der Waals surface area contributed by atoms with Crippen molar-refractivity contribution < 1.29 is 27.2 Å². The highest BCUT2D eigenvalue weighted by Gasteiger charge is 2.30. The van der Waals surface area contributed by atoms with Crippen LogP contribution in [0.25, 0.3) is 11.0 Å². The van der Waals surface area contributed by atoms with E-state index in [9.17, 15) is 18.0 Å². The van der Waals surface area contributed by atoms with Crippen LogP contribution in [0.2, 0.25) is 0 Å². The molecule has 1 fully saturated rings. The summed E-state index contributed by atoms with van der Waals surface area (Å²) in [4.78, 5) is 24.5. The van der Waals surface area contributed by atoms with Crippen molar-refractivity contribution in [2.75, 3.05) is 11.5 Å². The van der Waals surface area contributed by atoms with Crippen LogP contribution in [0, 0.1) is 0 Å². The molecule has 2 heterocycles. The summed E-state index contributed by atoms with van der Waals surface area (Å²) in [6.07, 6.45) is 4.20. The number of aryl methyl sites for hydroxylation is 2. The average molecular weight is 405 g/mol. The number of furan rings is 1. The molecule has 1 aliphatic carbocycles. The number of carbonyl (C=O) groups excluding carboxylic acids is 2. The predicted molar refractivity (Wildman–Crippen MR) is 103 cm³/mol. The Morgan fingerprint density at radius 2 is 2.04 bits per heavy atom. The van der Waals surface area contributed by atoms with Crippen LogP contribution >= 0.6 is 0 Å². The van der Waals surface area contributed by atoms with Gasteiger partial charge in [-0.15, -0.1) is 0 Å². The third kappa shape index (κ3) is 3.92. The molecule has 1 amide bonds. The molecule has 0 unspecified atom stereocenters. The Labute approximate surface area is 163 Å². The van der Waals surface area contributed by atoms with Crippen molar-refractivity contribution in [2.24, 2.45) is 0 Å². The fraction of sp³-hybridized carbons (Fsp3) is 0.500. The molecule has 0 bridgehead atoms. The van der Waals surface area contributed by atoms with Crippen LogP contribution in [0.15, 0.2) is 22.8 Å². The van der Waals surface area contributed by atoms with Crippen LogP contribution in [-0.2, 0) is 43.4 Å². The van der Waals surface area contributed by atoms with Gasteiger partial charge in [-0.3, -0.25) is 9.59 Å². The molecule has 0 spiro atoms. The zero-order chi connectivity index (χ0) is 19.9. The lowest BCUT2D eigenvalue weighted by Crippen LogP contribution is -2.42. The summed E-state index contributed by atoms with van der Waals surface area (Å²) < 4.78 is 33.8. The fourth-order valence-corrected chi connectivity index (χ4v) is 5.63. The Hall–Kier alpha value is -2.35.